The van der Waals surface area contributed by atoms with E-state index in [-0.39, 0.29) is 0 Å². The first kappa shape index (κ1) is 12.5. The van der Waals surface area contributed by atoms with Crippen LogP contribution < -0.4 is 0 Å². The molecular formula is C12H7Br2ClS. The highest BCUT2D eigenvalue weighted by molar-refractivity contribution is 9.11. The first-order valence-electron chi connectivity index (χ1n) is 4.53. The lowest BCUT2D eigenvalue weighted by atomic mass is 10.4. The molecule has 0 bridgehead atoms. The van der Waals surface area contributed by atoms with Crippen LogP contribution in [0.4, 0.5) is 0 Å². The third-order valence-corrected chi connectivity index (χ3v) is 4.68. The van der Waals surface area contributed by atoms with Crippen LogP contribution in [0.1, 0.15) is 0 Å². The summed E-state index contributed by atoms with van der Waals surface area (Å²) < 4.78 is 2.15. The molecule has 0 unspecified atom stereocenters. The van der Waals surface area contributed by atoms with E-state index < -0.39 is 0 Å². The predicted molar refractivity (Wildman–Crippen MR) is 77.4 cm³/mol. The van der Waals surface area contributed by atoms with E-state index in [1.54, 1.807) is 11.8 Å². The summed E-state index contributed by atoms with van der Waals surface area (Å²) in [5.74, 6) is 0. The molecule has 0 saturated carbocycles. The van der Waals surface area contributed by atoms with Gasteiger partial charge in [0.1, 0.15) is 0 Å². The molecule has 0 aliphatic carbocycles. The van der Waals surface area contributed by atoms with Crippen molar-refractivity contribution >= 4 is 55.2 Å². The van der Waals surface area contributed by atoms with Crippen LogP contribution in [0.2, 0.25) is 5.02 Å². The Morgan fingerprint density at radius 3 is 2.25 bits per heavy atom. The van der Waals surface area contributed by atoms with E-state index >= 15 is 0 Å². The van der Waals surface area contributed by atoms with Crippen LogP contribution in [0, 0.1) is 0 Å². The molecule has 0 nitrogen and oxygen atoms in total. The Balaban J connectivity index is 2.23. The summed E-state index contributed by atoms with van der Waals surface area (Å²) in [7, 11) is 0. The molecule has 0 aromatic heterocycles. The Hall–Kier alpha value is 0.0400. The maximum absolute atomic E-state index is 5.84. The second-order valence-corrected chi connectivity index (χ2v) is 6.45. The van der Waals surface area contributed by atoms with Crippen molar-refractivity contribution in [2.45, 2.75) is 9.79 Å². The molecule has 2 rings (SSSR count). The van der Waals surface area contributed by atoms with Crippen LogP contribution in [0.5, 0.6) is 0 Å². The average Bonchev–Trinajstić information content (AvgIpc) is 2.25. The Morgan fingerprint density at radius 1 is 0.938 bits per heavy atom. The number of benzene rings is 2. The lowest BCUT2D eigenvalue weighted by molar-refractivity contribution is 1.36. The molecular weight excluding hydrogens is 371 g/mol. The van der Waals surface area contributed by atoms with E-state index in [2.05, 4.69) is 37.9 Å². The van der Waals surface area contributed by atoms with Gasteiger partial charge in [-0.05, 0) is 58.4 Å². The zero-order chi connectivity index (χ0) is 11.5. The molecule has 0 aliphatic rings. The van der Waals surface area contributed by atoms with Crippen LogP contribution in [0.25, 0.3) is 0 Å². The van der Waals surface area contributed by atoms with E-state index in [4.69, 9.17) is 11.6 Å². The van der Waals surface area contributed by atoms with Gasteiger partial charge in [0, 0.05) is 23.8 Å². The van der Waals surface area contributed by atoms with E-state index in [9.17, 15) is 0 Å². The molecule has 0 fully saturated rings. The lowest BCUT2D eigenvalue weighted by Gasteiger charge is -2.04. The quantitative estimate of drug-likeness (QED) is 0.616. The molecule has 16 heavy (non-hydrogen) atoms. The second-order valence-electron chi connectivity index (χ2n) is 3.13. The molecule has 2 aromatic rings. The maximum Gasteiger partial charge on any atom is 0.0406 e. The molecule has 0 amide bonds. The van der Waals surface area contributed by atoms with Gasteiger partial charge in [-0.2, -0.15) is 0 Å². The van der Waals surface area contributed by atoms with E-state index in [1.807, 2.05) is 36.4 Å². The Labute approximate surface area is 121 Å². The van der Waals surface area contributed by atoms with Crippen molar-refractivity contribution in [1.29, 1.82) is 0 Å². The van der Waals surface area contributed by atoms with Gasteiger partial charge in [-0.25, -0.2) is 0 Å². The summed E-state index contributed by atoms with van der Waals surface area (Å²) in [6, 6.07) is 14.0. The van der Waals surface area contributed by atoms with Gasteiger partial charge in [-0.1, -0.05) is 39.3 Å². The van der Waals surface area contributed by atoms with Crippen LogP contribution in [-0.2, 0) is 0 Å². The van der Waals surface area contributed by atoms with Gasteiger partial charge >= 0.3 is 0 Å². The zero-order valence-corrected chi connectivity index (χ0v) is 12.8. The third-order valence-electron chi connectivity index (χ3n) is 1.94. The van der Waals surface area contributed by atoms with E-state index in [1.165, 1.54) is 9.79 Å². The number of rotatable bonds is 2. The topological polar surface area (TPSA) is 0 Å². The van der Waals surface area contributed by atoms with Crippen molar-refractivity contribution < 1.29 is 0 Å². The van der Waals surface area contributed by atoms with Crippen molar-refractivity contribution in [2.24, 2.45) is 0 Å². The van der Waals surface area contributed by atoms with Crippen LogP contribution >= 0.6 is 55.2 Å². The second kappa shape index (κ2) is 5.58. The van der Waals surface area contributed by atoms with Crippen LogP contribution in [0.15, 0.2) is 61.2 Å². The molecule has 2 aromatic carbocycles. The Morgan fingerprint density at radius 2 is 1.62 bits per heavy atom. The predicted octanol–water partition coefficient (Wildman–Crippen LogP) is 6.02. The smallest absolute Gasteiger partial charge is 0.0406 e. The van der Waals surface area contributed by atoms with E-state index in [0.717, 1.165) is 14.0 Å². The first-order chi connectivity index (χ1) is 7.65. The molecule has 0 heterocycles. The summed E-state index contributed by atoms with van der Waals surface area (Å²) in [5, 5.41) is 0.763. The van der Waals surface area contributed by atoms with Gasteiger partial charge in [-0.3, -0.25) is 0 Å². The first-order valence-corrected chi connectivity index (χ1v) is 7.32. The van der Waals surface area contributed by atoms with E-state index in [0.29, 0.717) is 0 Å². The third kappa shape index (κ3) is 3.27. The molecule has 0 N–H and O–H groups in total. The van der Waals surface area contributed by atoms with Crippen molar-refractivity contribution in [1.82, 2.24) is 0 Å². The number of hydrogen-bond acceptors (Lipinski definition) is 1. The SMILES string of the molecule is Clc1ccc(Sc2ccc(Br)cc2Br)cc1. The summed E-state index contributed by atoms with van der Waals surface area (Å²) >= 11 is 14.5. The van der Waals surface area contributed by atoms with Gasteiger partial charge in [0.25, 0.3) is 0 Å². The fourth-order valence-electron chi connectivity index (χ4n) is 1.19. The summed E-state index contributed by atoms with van der Waals surface area (Å²) in [6.07, 6.45) is 0. The molecule has 0 radical (unpaired) electrons. The van der Waals surface area contributed by atoms with Crippen LogP contribution in [-0.4, -0.2) is 0 Å². The fourth-order valence-corrected chi connectivity index (χ4v) is 3.42. The molecule has 0 aliphatic heterocycles. The Bertz CT molecular complexity index is 497. The van der Waals surface area contributed by atoms with Gasteiger partial charge in [0.2, 0.25) is 0 Å². The minimum absolute atomic E-state index is 0.763. The molecule has 4 heteroatoms. The number of halogens is 3. The number of hydrogen-bond donors (Lipinski definition) is 0. The largest absolute Gasteiger partial charge is 0.0889 e. The summed E-state index contributed by atoms with van der Waals surface area (Å²) in [4.78, 5) is 2.36. The van der Waals surface area contributed by atoms with Crippen molar-refractivity contribution in [3.05, 3.63) is 56.4 Å². The average molecular weight is 379 g/mol. The molecule has 0 spiro atoms. The van der Waals surface area contributed by atoms with Crippen molar-refractivity contribution in [3.8, 4) is 0 Å². The highest BCUT2D eigenvalue weighted by atomic mass is 79.9. The normalized spacial score (nSPS) is 10.4. The summed E-state index contributed by atoms with van der Waals surface area (Å²) in [6.45, 7) is 0. The minimum atomic E-state index is 0.763. The monoisotopic (exact) mass is 376 g/mol. The fraction of sp³-hybridized carbons (Fsp3) is 0. The highest BCUT2D eigenvalue weighted by Gasteiger charge is 2.02. The van der Waals surface area contributed by atoms with Crippen LogP contribution in [0.3, 0.4) is 0 Å². The molecule has 82 valence electrons. The summed E-state index contributed by atoms with van der Waals surface area (Å²) in [5.41, 5.74) is 0. The maximum atomic E-state index is 5.84. The zero-order valence-electron chi connectivity index (χ0n) is 8.08. The Kier molecular flexibility index (Phi) is 4.36. The lowest BCUT2D eigenvalue weighted by Crippen LogP contribution is -1.76. The standard InChI is InChI=1S/C12H7Br2ClS/c13-8-1-6-12(11(14)7-8)16-10-4-2-9(15)3-5-10/h1-7H. The van der Waals surface area contributed by atoms with Gasteiger partial charge < -0.3 is 0 Å². The molecule has 0 saturated heterocycles. The highest BCUT2D eigenvalue weighted by Crippen LogP contribution is 2.35. The van der Waals surface area contributed by atoms with Gasteiger partial charge in [0.05, 0.1) is 0 Å². The van der Waals surface area contributed by atoms with Crippen molar-refractivity contribution in [2.75, 3.05) is 0 Å². The molecule has 0 atom stereocenters. The minimum Gasteiger partial charge on any atom is -0.0889 e. The van der Waals surface area contributed by atoms with Gasteiger partial charge in [-0.15, -0.1) is 0 Å². The van der Waals surface area contributed by atoms with Gasteiger partial charge in [0.15, 0.2) is 0 Å². The van der Waals surface area contributed by atoms with Crippen molar-refractivity contribution in [3.63, 3.8) is 0 Å².